The second-order valence-corrected chi connectivity index (χ2v) is 3.17. The van der Waals surface area contributed by atoms with E-state index in [0.717, 1.165) is 7.28 Å². The predicted molar refractivity (Wildman–Crippen MR) is 41.9 cm³/mol. The molecular weight excluding hydrogens is 183 g/mol. The molecule has 0 amide bonds. The summed E-state index contributed by atoms with van der Waals surface area (Å²) < 4.78 is 0. The van der Waals surface area contributed by atoms with Crippen LogP contribution in [0.15, 0.2) is 30.3 Å². The van der Waals surface area contributed by atoms with Gasteiger partial charge in [-0.2, -0.15) is 0 Å². The Kier molecular flexibility index (Phi) is 2.51. The van der Waals surface area contributed by atoms with Crippen LogP contribution in [0, 0.1) is 0 Å². The van der Waals surface area contributed by atoms with Crippen LogP contribution in [0.5, 0.6) is 0 Å². The molecule has 0 fully saturated rings. The van der Waals surface area contributed by atoms with Crippen LogP contribution in [-0.2, 0) is 0 Å². The second kappa shape index (κ2) is 3.21. The van der Waals surface area contributed by atoms with E-state index in [4.69, 9.17) is 0 Å². The fraction of sp³-hybridized carbons (Fsp3) is 0. The fourth-order valence-corrected chi connectivity index (χ4v) is 1.48. The van der Waals surface area contributed by atoms with Crippen LogP contribution >= 0.6 is 22.8 Å². The van der Waals surface area contributed by atoms with Crippen molar-refractivity contribution in [1.29, 1.82) is 0 Å². The first kappa shape index (κ1) is 6.25. The molecule has 0 atom stereocenters. The third-order valence-electron chi connectivity index (χ3n) is 0.854. The fourth-order valence-electron chi connectivity index (χ4n) is 0.484. The number of hydrogen-bond donors (Lipinski definition) is 0. The molecule has 0 N–H and O–H groups in total. The summed E-state index contributed by atoms with van der Waals surface area (Å²) in [5, 5.41) is 1.30. The highest BCUT2D eigenvalue weighted by Crippen LogP contribution is 2.17. The second-order valence-electron chi connectivity index (χ2n) is 1.42. The molecule has 0 nitrogen and oxygen atoms in total. The highest BCUT2D eigenvalue weighted by molar-refractivity contribution is 9.37. The van der Waals surface area contributed by atoms with Crippen LogP contribution in [0.25, 0.3) is 0 Å². The Labute approximate surface area is 58.8 Å². The number of halogens is 1. The molecule has 0 aromatic heterocycles. The van der Waals surface area contributed by atoms with E-state index >= 15 is 0 Å². The third kappa shape index (κ3) is 1.57. The van der Waals surface area contributed by atoms with Crippen molar-refractivity contribution in [3.8, 4) is 0 Å². The Balaban J connectivity index is 2.83. The molecule has 0 aliphatic heterocycles. The number of benzene rings is 1. The van der Waals surface area contributed by atoms with E-state index in [-0.39, 0.29) is 0 Å². The van der Waals surface area contributed by atoms with Gasteiger partial charge in [0.1, 0.15) is 0 Å². The molecule has 41 valence electrons. The molecule has 1 aromatic rings. The lowest BCUT2D eigenvalue weighted by atomic mass is 10.4. The number of rotatable bonds is 1. The summed E-state index contributed by atoms with van der Waals surface area (Å²) in [5.74, 6) is 0. The topological polar surface area (TPSA) is 0 Å². The highest BCUT2D eigenvalue weighted by atomic mass is 79.9. The lowest BCUT2D eigenvalue weighted by Gasteiger charge is -1.87. The molecule has 0 spiro atoms. The first-order valence-electron chi connectivity index (χ1n) is 2.30. The van der Waals surface area contributed by atoms with Crippen LogP contribution in [0.3, 0.4) is 0 Å². The average molecular weight is 188 g/mol. The minimum absolute atomic E-state index is 1.16. The normalized spacial score (nSPS) is 10.6. The number of hydrogen-bond acceptors (Lipinski definition) is 0. The van der Waals surface area contributed by atoms with Gasteiger partial charge < -0.3 is 0 Å². The van der Waals surface area contributed by atoms with Gasteiger partial charge in [0.25, 0.3) is 0 Å². The van der Waals surface area contributed by atoms with E-state index in [1.54, 1.807) is 0 Å². The lowest BCUT2D eigenvalue weighted by molar-refractivity contribution is 1.78. The van der Waals surface area contributed by atoms with E-state index in [9.17, 15) is 0 Å². The van der Waals surface area contributed by atoms with Gasteiger partial charge in [-0.05, 0) is 20.8 Å². The zero-order chi connectivity index (χ0) is 5.82. The molecule has 1 radical (unpaired) electrons. The van der Waals surface area contributed by atoms with Crippen LogP contribution in [0.4, 0.5) is 0 Å². The van der Waals surface area contributed by atoms with Gasteiger partial charge in [0.05, 0.1) is 0 Å². The summed E-state index contributed by atoms with van der Waals surface area (Å²) in [6.07, 6.45) is 0. The Morgan fingerprint density at radius 2 is 1.75 bits per heavy atom. The van der Waals surface area contributed by atoms with Crippen molar-refractivity contribution in [2.75, 3.05) is 0 Å². The van der Waals surface area contributed by atoms with Crippen molar-refractivity contribution in [3.05, 3.63) is 30.3 Å². The van der Waals surface area contributed by atoms with Gasteiger partial charge in [-0.15, -0.1) is 0 Å². The molecule has 1 rings (SSSR count). The summed E-state index contributed by atoms with van der Waals surface area (Å²) in [4.78, 5) is 0. The molecule has 0 aliphatic carbocycles. The molecule has 0 heterocycles. The molecule has 0 saturated carbocycles. The molecule has 0 aliphatic rings. The summed E-state index contributed by atoms with van der Waals surface area (Å²) in [6, 6.07) is 10.2. The smallest absolute Gasteiger partial charge is 0.0361 e. The Bertz CT molecular complexity index is 150. The lowest BCUT2D eigenvalue weighted by Crippen LogP contribution is -1.85. The van der Waals surface area contributed by atoms with Crippen molar-refractivity contribution in [2.45, 2.75) is 0 Å². The van der Waals surface area contributed by atoms with E-state index in [1.165, 1.54) is 5.30 Å². The minimum atomic E-state index is 1.16. The summed E-state index contributed by atoms with van der Waals surface area (Å²) in [7, 11) is 1.16. The molecule has 0 unspecified atom stereocenters. The van der Waals surface area contributed by atoms with Crippen molar-refractivity contribution >= 4 is 28.1 Å². The van der Waals surface area contributed by atoms with Crippen molar-refractivity contribution in [1.82, 2.24) is 0 Å². The van der Waals surface area contributed by atoms with Gasteiger partial charge in [0, 0.05) is 7.28 Å². The highest BCUT2D eigenvalue weighted by Gasteiger charge is 1.82. The molecule has 0 saturated heterocycles. The van der Waals surface area contributed by atoms with Gasteiger partial charge in [0.2, 0.25) is 0 Å². The van der Waals surface area contributed by atoms with Gasteiger partial charge in [0.15, 0.2) is 0 Å². The van der Waals surface area contributed by atoms with Crippen LogP contribution in [-0.4, -0.2) is 0 Å². The maximum Gasteiger partial charge on any atom is 0.0361 e. The Morgan fingerprint density at radius 1 is 1.12 bits per heavy atom. The van der Waals surface area contributed by atoms with Gasteiger partial charge >= 0.3 is 0 Å². The van der Waals surface area contributed by atoms with Gasteiger partial charge in [-0.3, -0.25) is 0 Å². The first-order chi connectivity index (χ1) is 3.93. The third-order valence-corrected chi connectivity index (χ3v) is 2.58. The maximum atomic E-state index is 3.33. The van der Waals surface area contributed by atoms with Crippen molar-refractivity contribution in [3.63, 3.8) is 0 Å². The zero-order valence-electron chi connectivity index (χ0n) is 4.21. The average Bonchev–Trinajstić information content (AvgIpc) is 1.90. The Hall–Kier alpha value is 0.130. The van der Waals surface area contributed by atoms with Gasteiger partial charge in [-0.25, -0.2) is 0 Å². The minimum Gasteiger partial charge on any atom is -0.0622 e. The van der Waals surface area contributed by atoms with Crippen LogP contribution in [0.1, 0.15) is 0 Å². The summed E-state index contributed by atoms with van der Waals surface area (Å²) in [5.41, 5.74) is 0. The molecule has 8 heavy (non-hydrogen) atoms. The predicted octanol–water partition coefficient (Wildman–Crippen LogP) is 2.57. The molecule has 2 heteroatoms. The maximum absolute atomic E-state index is 3.33. The Morgan fingerprint density at radius 3 is 2.12 bits per heavy atom. The van der Waals surface area contributed by atoms with Crippen molar-refractivity contribution < 1.29 is 0 Å². The molecular formula is C6H5BrP. The van der Waals surface area contributed by atoms with E-state index in [0.29, 0.717) is 0 Å². The quantitative estimate of drug-likeness (QED) is 0.594. The first-order valence-corrected chi connectivity index (χ1v) is 5.22. The van der Waals surface area contributed by atoms with Crippen molar-refractivity contribution in [2.24, 2.45) is 0 Å². The summed E-state index contributed by atoms with van der Waals surface area (Å²) in [6.45, 7) is 0. The molecule has 0 bridgehead atoms. The van der Waals surface area contributed by atoms with E-state index < -0.39 is 0 Å². The van der Waals surface area contributed by atoms with Crippen LogP contribution in [0.2, 0.25) is 0 Å². The standard InChI is InChI=1S/C6H5BrP/c7-8-6-4-2-1-3-5-6/h1-5H. The molecule has 1 aromatic carbocycles. The monoisotopic (exact) mass is 187 g/mol. The van der Waals surface area contributed by atoms with Crippen LogP contribution < -0.4 is 5.30 Å². The SMILES string of the molecule is Br[P]c1ccccc1. The zero-order valence-corrected chi connectivity index (χ0v) is 6.69. The largest absolute Gasteiger partial charge is 0.0622 e. The summed E-state index contributed by atoms with van der Waals surface area (Å²) >= 11 is 3.33. The van der Waals surface area contributed by atoms with E-state index in [1.807, 2.05) is 18.2 Å². The van der Waals surface area contributed by atoms with E-state index in [2.05, 4.69) is 27.6 Å². The van der Waals surface area contributed by atoms with Gasteiger partial charge in [-0.1, -0.05) is 30.3 Å².